The normalized spacial score (nSPS) is 19.2. The fraction of sp³-hybridized carbons (Fsp3) is 0.308. The van der Waals surface area contributed by atoms with Gasteiger partial charge in [0.1, 0.15) is 5.69 Å². The largest absolute Gasteiger partial charge is 0.336 e. The molecule has 2 heterocycles. The van der Waals surface area contributed by atoms with E-state index in [1.807, 2.05) is 0 Å². The minimum absolute atomic E-state index is 0.103. The van der Waals surface area contributed by atoms with Crippen molar-refractivity contribution in [1.29, 1.82) is 0 Å². The van der Waals surface area contributed by atoms with Crippen LogP contribution in [0.25, 0.3) is 0 Å². The van der Waals surface area contributed by atoms with Crippen molar-refractivity contribution in [3.63, 3.8) is 0 Å². The summed E-state index contributed by atoms with van der Waals surface area (Å²) in [5, 5.41) is 2.53. The van der Waals surface area contributed by atoms with Gasteiger partial charge in [0, 0.05) is 19.3 Å². The van der Waals surface area contributed by atoms with Gasteiger partial charge in [-0.2, -0.15) is 0 Å². The molecule has 1 fully saturated rings. The topological polar surface area (TPSA) is 62.3 Å². The highest BCUT2D eigenvalue weighted by Gasteiger charge is 2.31. The number of amides is 2. The van der Waals surface area contributed by atoms with Gasteiger partial charge in [0.2, 0.25) is 5.91 Å². The van der Waals surface area contributed by atoms with E-state index in [-0.39, 0.29) is 29.5 Å². The van der Waals surface area contributed by atoms with Gasteiger partial charge in [0.15, 0.2) is 0 Å². The van der Waals surface area contributed by atoms with Gasteiger partial charge in [-0.3, -0.25) is 14.6 Å². The van der Waals surface area contributed by atoms with Crippen LogP contribution < -0.4 is 5.32 Å². The average Bonchev–Trinajstić information content (AvgIpc) is 2.88. The maximum absolute atomic E-state index is 12.2. The standard InChI is InChI=1S/C13H15N3O2/c1-2-14-12(17)10-6-8-16(9-10)13(18)11-5-3-4-7-15-11/h2-5,7,10H,1,6,8-9H2,(H,14,17)/i5T. The zero-order chi connectivity index (χ0) is 13.8. The second-order valence-electron chi connectivity index (χ2n) is 4.08. The first-order valence-corrected chi connectivity index (χ1v) is 5.75. The molecule has 1 aromatic heterocycles. The summed E-state index contributed by atoms with van der Waals surface area (Å²) in [7, 11) is 0. The van der Waals surface area contributed by atoms with Crippen LogP contribution in [0.15, 0.2) is 37.2 Å². The number of carbonyl (C=O) groups excluding carboxylic acids is 2. The third-order valence-corrected chi connectivity index (χ3v) is 2.90. The predicted octanol–water partition coefficient (Wildman–Crippen LogP) is 0.803. The first-order valence-electron chi connectivity index (χ1n) is 6.25. The molecule has 0 bridgehead atoms. The highest BCUT2D eigenvalue weighted by molar-refractivity contribution is 5.93. The summed E-state index contributed by atoms with van der Waals surface area (Å²) in [6.45, 7) is 4.30. The zero-order valence-corrected chi connectivity index (χ0v) is 9.93. The third-order valence-electron chi connectivity index (χ3n) is 2.90. The molecule has 2 rings (SSSR count). The molecule has 1 aliphatic heterocycles. The van der Waals surface area contributed by atoms with Gasteiger partial charge >= 0.3 is 0 Å². The Bertz CT molecular complexity index is 518. The van der Waals surface area contributed by atoms with Crippen LogP contribution in [0, 0.1) is 5.92 Å². The molecular formula is C13H15N3O2. The van der Waals surface area contributed by atoms with Crippen molar-refractivity contribution in [2.45, 2.75) is 6.42 Å². The maximum Gasteiger partial charge on any atom is 0.272 e. The van der Waals surface area contributed by atoms with E-state index >= 15 is 0 Å². The zero-order valence-electron chi connectivity index (χ0n) is 10.9. The van der Waals surface area contributed by atoms with Gasteiger partial charge < -0.3 is 10.2 Å². The molecular weight excluding hydrogens is 230 g/mol. The molecule has 1 saturated heterocycles. The molecule has 2 amide bonds. The van der Waals surface area contributed by atoms with Crippen molar-refractivity contribution < 1.29 is 11.0 Å². The molecule has 1 N–H and O–H groups in total. The monoisotopic (exact) mass is 247 g/mol. The van der Waals surface area contributed by atoms with Gasteiger partial charge in [0.05, 0.1) is 7.29 Å². The number of rotatable bonds is 3. The number of nitrogens with zero attached hydrogens (tertiary/aromatic N) is 2. The van der Waals surface area contributed by atoms with Gasteiger partial charge in [0.25, 0.3) is 5.91 Å². The number of likely N-dealkylation sites (tertiary alicyclic amines) is 1. The quantitative estimate of drug-likeness (QED) is 0.859. The van der Waals surface area contributed by atoms with Crippen LogP contribution in [0.1, 0.15) is 18.3 Å². The number of carbonyl (C=O) groups is 2. The lowest BCUT2D eigenvalue weighted by atomic mass is 10.1. The van der Waals surface area contributed by atoms with Gasteiger partial charge in [-0.25, -0.2) is 0 Å². The maximum atomic E-state index is 12.2. The molecule has 1 unspecified atom stereocenters. The fourth-order valence-electron chi connectivity index (χ4n) is 1.97. The molecule has 1 aromatic rings. The average molecular weight is 247 g/mol. The van der Waals surface area contributed by atoms with E-state index in [9.17, 15) is 9.59 Å². The van der Waals surface area contributed by atoms with Crippen LogP contribution >= 0.6 is 0 Å². The first-order chi connectivity index (χ1) is 9.13. The first kappa shape index (κ1) is 11.0. The Labute approximate surface area is 107 Å². The Balaban J connectivity index is 2.05. The summed E-state index contributed by atoms with van der Waals surface area (Å²) in [6.07, 6.45) is 3.45. The highest BCUT2D eigenvalue weighted by atomic mass is 16.2. The van der Waals surface area contributed by atoms with Crippen LogP contribution in [-0.4, -0.2) is 34.8 Å². The van der Waals surface area contributed by atoms with Crippen molar-refractivity contribution >= 4 is 11.8 Å². The molecule has 1 atom stereocenters. The van der Waals surface area contributed by atoms with E-state index in [1.54, 1.807) is 11.0 Å². The van der Waals surface area contributed by atoms with Crippen molar-refractivity contribution in [2.75, 3.05) is 13.1 Å². The van der Waals surface area contributed by atoms with E-state index in [0.29, 0.717) is 19.5 Å². The predicted molar refractivity (Wildman–Crippen MR) is 66.6 cm³/mol. The Morgan fingerprint density at radius 1 is 1.61 bits per heavy atom. The summed E-state index contributed by atoms with van der Waals surface area (Å²) in [5.74, 6) is -0.642. The van der Waals surface area contributed by atoms with Crippen molar-refractivity contribution in [1.82, 2.24) is 15.2 Å². The molecule has 5 nitrogen and oxygen atoms in total. The van der Waals surface area contributed by atoms with Crippen molar-refractivity contribution in [3.05, 3.63) is 42.8 Å². The molecule has 0 aliphatic carbocycles. The van der Waals surface area contributed by atoms with E-state index in [0.717, 1.165) is 0 Å². The Morgan fingerprint density at radius 2 is 2.44 bits per heavy atom. The number of pyridine rings is 1. The minimum atomic E-state index is -0.292. The summed E-state index contributed by atoms with van der Waals surface area (Å²) in [5.41, 5.74) is 0.132. The van der Waals surface area contributed by atoms with Gasteiger partial charge in [-0.15, -0.1) is 0 Å². The van der Waals surface area contributed by atoms with Crippen molar-refractivity contribution in [2.24, 2.45) is 5.92 Å². The Kier molecular flexibility index (Phi) is 3.31. The summed E-state index contributed by atoms with van der Waals surface area (Å²) >= 11 is 0. The van der Waals surface area contributed by atoms with Crippen LogP contribution in [0.5, 0.6) is 0 Å². The van der Waals surface area contributed by atoms with Crippen LogP contribution in [0.2, 0.25) is 0 Å². The molecule has 1 aliphatic rings. The van der Waals surface area contributed by atoms with Gasteiger partial charge in [-0.1, -0.05) is 12.6 Å². The second kappa shape index (κ2) is 5.44. The SMILES string of the molecule is [3H]c1cccnc1C(=O)N1CCC(C(=O)NC=C)C1. The molecule has 5 heteroatoms. The third kappa shape index (κ3) is 2.56. The summed E-state index contributed by atoms with van der Waals surface area (Å²) in [6, 6.07) is 3.24. The molecule has 0 spiro atoms. The number of hydrogen-bond donors (Lipinski definition) is 1. The van der Waals surface area contributed by atoms with E-state index in [2.05, 4.69) is 16.9 Å². The highest BCUT2D eigenvalue weighted by Crippen LogP contribution is 2.18. The van der Waals surface area contributed by atoms with Crippen LogP contribution in [0.3, 0.4) is 0 Å². The number of hydrogen-bond acceptors (Lipinski definition) is 3. The fourth-order valence-corrected chi connectivity index (χ4v) is 1.97. The van der Waals surface area contributed by atoms with Crippen molar-refractivity contribution in [3.8, 4) is 0 Å². The van der Waals surface area contributed by atoms with E-state index < -0.39 is 0 Å². The number of aromatic nitrogens is 1. The summed E-state index contributed by atoms with van der Waals surface area (Å²) in [4.78, 5) is 29.3. The minimum Gasteiger partial charge on any atom is -0.336 e. The Hall–Kier alpha value is -2.17. The van der Waals surface area contributed by atoms with Crippen LogP contribution in [-0.2, 0) is 4.79 Å². The van der Waals surface area contributed by atoms with E-state index in [4.69, 9.17) is 1.37 Å². The lowest BCUT2D eigenvalue weighted by Gasteiger charge is -2.15. The smallest absolute Gasteiger partial charge is 0.272 e. The molecule has 18 heavy (non-hydrogen) atoms. The molecule has 94 valence electrons. The lowest BCUT2D eigenvalue weighted by Crippen LogP contribution is -2.33. The number of nitrogens with one attached hydrogen (secondary N) is 1. The van der Waals surface area contributed by atoms with E-state index in [1.165, 1.54) is 18.5 Å². The lowest BCUT2D eigenvalue weighted by molar-refractivity contribution is -0.123. The second-order valence-corrected chi connectivity index (χ2v) is 4.08. The molecule has 0 radical (unpaired) electrons. The Morgan fingerprint density at radius 3 is 3.17 bits per heavy atom. The summed E-state index contributed by atoms with van der Waals surface area (Å²) < 4.78 is 7.66. The molecule has 0 saturated carbocycles. The van der Waals surface area contributed by atoms with Gasteiger partial charge in [-0.05, 0) is 24.7 Å². The molecule has 0 aromatic carbocycles. The van der Waals surface area contributed by atoms with Crippen LogP contribution in [0.4, 0.5) is 0 Å².